The standard InChI is InChI=1S/C72H56Br2N8O2S2/c1-7-55-41(3)59-35-60-43(5)57(29-31-69(83)79-71-81(53-27-21-45-13-9-11-15-49(45)33-53)67(39-85-71)47-17-23-51(73)24-18-47)65(77-60)38-66-58(44(6)62(78-66)37-64-56(8-2)42(4)61(76-64)36-63(55)75-59)30-32-70(84)80-72-82(54-28-22-46-14-10-12-16-50(46)34-54)68(40-86-72)48-19-25-52(74)26-20-48/h7-28,33-40,75,78H,1-2,29-32H2,3-6H3. The Morgan fingerprint density at radius 3 is 1.56 bits per heavy atom. The molecule has 86 heavy (non-hydrogen) atoms. The van der Waals surface area contributed by atoms with Gasteiger partial charge in [-0.1, -0.05) is 142 Å². The third kappa shape index (κ3) is 10.8. The lowest BCUT2D eigenvalue weighted by Crippen LogP contribution is -2.16. The van der Waals surface area contributed by atoms with E-state index in [-0.39, 0.29) is 24.7 Å². The predicted molar refractivity (Wildman–Crippen MR) is 363 cm³/mol. The topological polar surface area (TPSA) is 126 Å². The third-order valence-corrected chi connectivity index (χ3v) is 19.0. The Balaban J connectivity index is 0.917. The van der Waals surface area contributed by atoms with Gasteiger partial charge in [-0.25, -0.2) is 9.97 Å². The number of aromatic amines is 2. The van der Waals surface area contributed by atoms with Gasteiger partial charge in [0.2, 0.25) is 11.8 Å². The number of hydrogen-bond donors (Lipinski definition) is 2. The molecule has 0 unspecified atom stereocenters. The minimum atomic E-state index is -0.253. The summed E-state index contributed by atoms with van der Waals surface area (Å²) in [4.78, 5) is 58.0. The zero-order valence-corrected chi connectivity index (χ0v) is 52.4. The molecule has 2 amide bonds. The van der Waals surface area contributed by atoms with Crippen molar-refractivity contribution in [1.82, 2.24) is 29.1 Å². The summed E-state index contributed by atoms with van der Waals surface area (Å²) in [6.45, 7) is 16.7. The van der Waals surface area contributed by atoms with Crippen molar-refractivity contribution in [3.8, 4) is 33.9 Å². The Bertz CT molecular complexity index is 5040. The molecule has 0 saturated heterocycles. The second-order valence-corrected chi connectivity index (χ2v) is 25.0. The fourth-order valence-corrected chi connectivity index (χ4v) is 14.0. The molecule has 2 N–H and O–H groups in total. The van der Waals surface area contributed by atoms with E-state index >= 15 is 0 Å². The van der Waals surface area contributed by atoms with Crippen molar-refractivity contribution in [1.29, 1.82) is 0 Å². The Hall–Kier alpha value is -8.92. The Morgan fingerprint density at radius 2 is 1.00 bits per heavy atom. The molecule has 6 aromatic carbocycles. The van der Waals surface area contributed by atoms with Gasteiger partial charge in [0.25, 0.3) is 0 Å². The van der Waals surface area contributed by atoms with Gasteiger partial charge in [-0.05, 0) is 179 Å². The number of benzene rings is 6. The van der Waals surface area contributed by atoms with Crippen LogP contribution in [-0.4, -0.2) is 40.9 Å². The van der Waals surface area contributed by atoms with E-state index in [1.807, 2.05) is 60.7 Å². The molecule has 422 valence electrons. The number of halogens is 2. The number of aryl methyl sites for hydroxylation is 3. The second kappa shape index (κ2) is 23.5. The monoisotopic (exact) mass is 1290 g/mol. The van der Waals surface area contributed by atoms with Crippen molar-refractivity contribution < 1.29 is 9.59 Å². The molecule has 0 atom stereocenters. The smallest absolute Gasteiger partial charge is 0.248 e. The molecule has 11 aromatic rings. The number of rotatable bonds is 12. The summed E-state index contributed by atoms with van der Waals surface area (Å²) in [5, 5.41) is 8.56. The van der Waals surface area contributed by atoms with Gasteiger partial charge in [-0.3, -0.25) is 18.7 Å². The number of amides is 2. The number of carbonyl (C=O) groups excluding carboxylic acids is 2. The average molecular weight is 1290 g/mol. The van der Waals surface area contributed by atoms with Gasteiger partial charge in [0.1, 0.15) is 0 Å². The van der Waals surface area contributed by atoms with Crippen LogP contribution in [0, 0.1) is 13.8 Å². The number of hydrogen-bond acceptors (Lipinski definition) is 6. The number of allylic oxidation sites excluding steroid dienone is 5. The van der Waals surface area contributed by atoms with Gasteiger partial charge in [0, 0.05) is 77.1 Å². The summed E-state index contributed by atoms with van der Waals surface area (Å²) >= 11 is 10.1. The number of fused-ring (bicyclic) bond motifs is 10. The maximum atomic E-state index is 14.5. The lowest BCUT2D eigenvalue weighted by molar-refractivity contribution is -0.118. The van der Waals surface area contributed by atoms with E-state index in [2.05, 4.69) is 212 Å². The quantitative estimate of drug-likeness (QED) is 0.126. The fraction of sp³-hybridized carbons (Fsp3) is 0.111. The van der Waals surface area contributed by atoms with Crippen molar-refractivity contribution in [2.75, 3.05) is 0 Å². The van der Waals surface area contributed by atoms with Crippen LogP contribution in [0.4, 0.5) is 0 Å². The first-order valence-corrected chi connectivity index (χ1v) is 31.6. The van der Waals surface area contributed by atoms with Crippen LogP contribution in [-0.2, 0) is 16.0 Å². The molecule has 0 aliphatic carbocycles. The van der Waals surface area contributed by atoms with Gasteiger partial charge in [-0.15, -0.1) is 22.7 Å². The molecule has 0 spiro atoms. The number of aromatic nitrogens is 6. The number of nitrogens with one attached hydrogen (secondary N) is 2. The number of carbonyl (C=O) groups is 2. The molecule has 14 heteroatoms. The maximum Gasteiger partial charge on any atom is 0.248 e. The van der Waals surface area contributed by atoms with Crippen molar-refractivity contribution in [3.63, 3.8) is 0 Å². The van der Waals surface area contributed by atoms with E-state index < -0.39 is 0 Å². The summed E-state index contributed by atoms with van der Waals surface area (Å²) in [7, 11) is 0. The van der Waals surface area contributed by atoms with Crippen LogP contribution in [0.2, 0.25) is 0 Å². The van der Waals surface area contributed by atoms with Gasteiger partial charge in [-0.2, -0.15) is 9.98 Å². The summed E-state index contributed by atoms with van der Waals surface area (Å²) in [5.41, 5.74) is 19.9. The molecule has 2 aliphatic heterocycles. The minimum Gasteiger partial charge on any atom is -0.355 e. The molecule has 0 fully saturated rings. The highest BCUT2D eigenvalue weighted by Crippen LogP contribution is 2.38. The lowest BCUT2D eigenvalue weighted by Gasteiger charge is -2.11. The van der Waals surface area contributed by atoms with E-state index in [1.54, 1.807) is 0 Å². The van der Waals surface area contributed by atoms with E-state index in [4.69, 9.17) is 20.0 Å². The molecular weight excluding hydrogens is 1230 g/mol. The van der Waals surface area contributed by atoms with Crippen molar-refractivity contribution in [3.05, 3.63) is 251 Å². The normalized spacial score (nSPS) is 13.0. The van der Waals surface area contributed by atoms with Crippen molar-refractivity contribution in [2.45, 2.75) is 53.4 Å². The van der Waals surface area contributed by atoms with Crippen LogP contribution in [0.1, 0.15) is 78.1 Å². The SMILES string of the molecule is C=CC1=C(C)c2cc3[nH]c(cc4nc(cc5[nH]c(cc1n2)c(C)c5CCC(=O)N=c1scc(-c2ccc(Br)cc2)n1-c1ccc2ccccc2c1)C(CCC(=O)N=c1scc(-c2ccc(Br)cc2)n1-c1ccc2ccccc2c1)=C4C)c(C)c3C=C. The summed E-state index contributed by atoms with van der Waals surface area (Å²) in [6.07, 6.45) is 4.75. The van der Waals surface area contributed by atoms with Crippen LogP contribution in [0.5, 0.6) is 0 Å². The lowest BCUT2D eigenvalue weighted by atomic mass is 10.00. The van der Waals surface area contributed by atoms with Crippen LogP contribution >= 0.6 is 54.5 Å². The summed E-state index contributed by atoms with van der Waals surface area (Å²) in [5.74, 6) is -0.503. The van der Waals surface area contributed by atoms with Gasteiger partial charge in [0.05, 0.1) is 34.2 Å². The molecule has 0 radical (unpaired) electrons. The highest BCUT2D eigenvalue weighted by molar-refractivity contribution is 9.10. The van der Waals surface area contributed by atoms with Gasteiger partial charge >= 0.3 is 0 Å². The van der Waals surface area contributed by atoms with E-state index in [0.29, 0.717) is 28.1 Å². The zero-order chi connectivity index (χ0) is 59.3. The first kappa shape index (κ1) is 56.2. The Labute approximate surface area is 521 Å². The average Bonchev–Trinajstić information content (AvgIpc) is 3.46. The molecule has 10 nitrogen and oxygen atoms in total. The molecule has 0 saturated carbocycles. The molecule has 5 aromatic heterocycles. The summed E-state index contributed by atoms with van der Waals surface area (Å²) < 4.78 is 6.12. The minimum absolute atomic E-state index is 0.128. The molecule has 8 bridgehead atoms. The molecular formula is C72H56Br2N8O2S2. The highest BCUT2D eigenvalue weighted by atomic mass is 79.9. The van der Waals surface area contributed by atoms with E-state index in [9.17, 15) is 9.59 Å². The van der Waals surface area contributed by atoms with E-state index in [1.165, 1.54) is 22.7 Å². The zero-order valence-electron chi connectivity index (χ0n) is 47.6. The van der Waals surface area contributed by atoms with Crippen LogP contribution in [0.15, 0.2) is 207 Å². The van der Waals surface area contributed by atoms with Crippen LogP contribution in [0.3, 0.4) is 0 Å². The highest BCUT2D eigenvalue weighted by Gasteiger charge is 2.23. The van der Waals surface area contributed by atoms with Gasteiger partial charge in [0.15, 0.2) is 9.60 Å². The predicted octanol–water partition coefficient (Wildman–Crippen LogP) is 18.5. The van der Waals surface area contributed by atoms with Crippen molar-refractivity contribution >= 4 is 138 Å². The van der Waals surface area contributed by atoms with E-state index in [0.717, 1.165) is 148 Å². The number of nitrogens with zero attached hydrogens (tertiary/aromatic N) is 6. The van der Waals surface area contributed by atoms with Crippen molar-refractivity contribution in [2.24, 2.45) is 9.98 Å². The van der Waals surface area contributed by atoms with Crippen LogP contribution < -0.4 is 9.60 Å². The number of H-pyrrole nitrogens is 2. The Morgan fingerprint density at radius 1 is 0.523 bits per heavy atom. The largest absolute Gasteiger partial charge is 0.355 e. The third-order valence-electron chi connectivity index (χ3n) is 16.3. The van der Waals surface area contributed by atoms with Crippen LogP contribution in [0.25, 0.3) is 106 Å². The molecule has 2 aliphatic rings. The first-order valence-electron chi connectivity index (χ1n) is 28.3. The number of thiazole rings is 2. The molecule has 7 heterocycles. The summed E-state index contributed by atoms with van der Waals surface area (Å²) in [6, 6.07) is 53.9. The second-order valence-electron chi connectivity index (χ2n) is 21.5. The maximum absolute atomic E-state index is 14.5. The van der Waals surface area contributed by atoms with Gasteiger partial charge < -0.3 is 9.97 Å². The Kier molecular flexibility index (Phi) is 15.4. The first-order chi connectivity index (χ1) is 41.8. The fourth-order valence-electron chi connectivity index (χ4n) is 11.6. The molecule has 13 rings (SSSR count).